The first-order valence-corrected chi connectivity index (χ1v) is 10.9. The molecule has 2 aromatic carbocycles. The lowest BCUT2D eigenvalue weighted by molar-refractivity contribution is -0.0511. The molecule has 0 spiro atoms. The summed E-state index contributed by atoms with van der Waals surface area (Å²) in [4.78, 5) is 12.0. The zero-order chi connectivity index (χ0) is 23.2. The van der Waals surface area contributed by atoms with Gasteiger partial charge in [0.15, 0.2) is 28.2 Å². The molecule has 0 atom stereocenters. The van der Waals surface area contributed by atoms with Crippen molar-refractivity contribution >= 4 is 22.8 Å². The predicted molar refractivity (Wildman–Crippen MR) is 120 cm³/mol. The lowest BCUT2D eigenvalue weighted by Crippen LogP contribution is -2.03. The van der Waals surface area contributed by atoms with Crippen LogP contribution in [0, 0.1) is 0 Å². The van der Waals surface area contributed by atoms with Crippen LogP contribution >= 0.6 is 11.8 Å². The van der Waals surface area contributed by atoms with Crippen LogP contribution < -0.4 is 18.9 Å². The first kappa shape index (κ1) is 22.7. The summed E-state index contributed by atoms with van der Waals surface area (Å²) in [6.45, 7) is -2.55. The highest BCUT2D eigenvalue weighted by Gasteiger charge is 2.15. The minimum absolute atomic E-state index is 0.0581. The third kappa shape index (κ3) is 5.64. The number of halogens is 2. The van der Waals surface area contributed by atoms with Gasteiger partial charge in [-0.05, 0) is 5.56 Å². The molecule has 33 heavy (non-hydrogen) atoms. The second-order valence-corrected chi connectivity index (χ2v) is 7.79. The number of nitrogens with one attached hydrogen (secondary N) is 1. The zero-order valence-electron chi connectivity index (χ0n) is 17.9. The van der Waals surface area contributed by atoms with Crippen molar-refractivity contribution in [3.63, 3.8) is 0 Å². The van der Waals surface area contributed by atoms with Crippen LogP contribution in [0.15, 0.2) is 59.9 Å². The topological polar surface area (TPSA) is 78.5 Å². The Labute approximate surface area is 193 Å². The molecule has 10 heteroatoms. The molecule has 0 aliphatic carbocycles. The first-order valence-electron chi connectivity index (χ1n) is 9.90. The van der Waals surface area contributed by atoms with Gasteiger partial charge in [0.05, 0.1) is 37.1 Å². The molecule has 172 valence electrons. The van der Waals surface area contributed by atoms with E-state index in [-0.39, 0.29) is 11.5 Å². The third-order valence-corrected chi connectivity index (χ3v) is 5.57. The van der Waals surface area contributed by atoms with E-state index in [1.165, 1.54) is 24.9 Å². The minimum Gasteiger partial charge on any atom is -0.493 e. The summed E-state index contributed by atoms with van der Waals surface area (Å²) in [5.74, 6) is 1.76. The second kappa shape index (κ2) is 10.4. The summed E-state index contributed by atoms with van der Waals surface area (Å²) in [6, 6.07) is 14.7. The average molecular weight is 474 g/mol. The lowest BCUT2D eigenvalue weighted by atomic mass is 10.2. The fourth-order valence-corrected chi connectivity index (χ4v) is 3.89. The van der Waals surface area contributed by atoms with E-state index in [1.807, 2.05) is 36.4 Å². The quantitative estimate of drug-likeness (QED) is 0.307. The summed E-state index contributed by atoms with van der Waals surface area (Å²) in [6.07, 6.45) is 1.62. The molecule has 0 saturated carbocycles. The maximum Gasteiger partial charge on any atom is 0.387 e. The summed E-state index contributed by atoms with van der Waals surface area (Å²) >= 11 is 1.41. The van der Waals surface area contributed by atoms with E-state index in [9.17, 15) is 8.78 Å². The molecule has 7 nitrogen and oxygen atoms in total. The molecule has 0 amide bonds. The Morgan fingerprint density at radius 3 is 2.48 bits per heavy atom. The number of benzene rings is 2. The lowest BCUT2D eigenvalue weighted by Gasteiger charge is -2.11. The number of pyridine rings is 1. The summed E-state index contributed by atoms with van der Waals surface area (Å²) in [5.41, 5.74) is 2.94. The number of ether oxygens (including phenoxy) is 4. The van der Waals surface area contributed by atoms with E-state index < -0.39 is 6.61 Å². The zero-order valence-corrected chi connectivity index (χ0v) is 18.7. The van der Waals surface area contributed by atoms with E-state index in [0.29, 0.717) is 40.0 Å². The SMILES string of the molecule is COc1cnc(CSc2nc3cc(OC)c(OC(F)F)cc3[nH]2)cc1OCc1ccccc1. The number of alkyl halides is 2. The van der Waals surface area contributed by atoms with Gasteiger partial charge in [0, 0.05) is 24.0 Å². The highest BCUT2D eigenvalue weighted by atomic mass is 32.2. The average Bonchev–Trinajstić information content (AvgIpc) is 3.23. The maximum absolute atomic E-state index is 12.7. The number of aromatic nitrogens is 3. The number of aromatic amines is 1. The molecule has 2 heterocycles. The van der Waals surface area contributed by atoms with Gasteiger partial charge in [-0.2, -0.15) is 8.78 Å². The number of imidazole rings is 1. The van der Waals surface area contributed by atoms with E-state index >= 15 is 0 Å². The molecule has 0 bridgehead atoms. The van der Waals surface area contributed by atoms with Gasteiger partial charge in [0.2, 0.25) is 0 Å². The Kier molecular flexibility index (Phi) is 7.13. The molecular weight excluding hydrogens is 452 g/mol. The molecule has 1 N–H and O–H groups in total. The highest BCUT2D eigenvalue weighted by molar-refractivity contribution is 7.98. The van der Waals surface area contributed by atoms with Crippen molar-refractivity contribution in [1.29, 1.82) is 0 Å². The summed E-state index contributed by atoms with van der Waals surface area (Å²) in [7, 11) is 2.95. The van der Waals surface area contributed by atoms with Crippen molar-refractivity contribution in [2.75, 3.05) is 14.2 Å². The Morgan fingerprint density at radius 1 is 0.970 bits per heavy atom. The molecule has 0 aliphatic rings. The van der Waals surface area contributed by atoms with Crippen molar-refractivity contribution < 1.29 is 27.7 Å². The van der Waals surface area contributed by atoms with Crippen LogP contribution in [-0.2, 0) is 12.4 Å². The van der Waals surface area contributed by atoms with Crippen molar-refractivity contribution in [1.82, 2.24) is 15.0 Å². The fourth-order valence-electron chi connectivity index (χ4n) is 3.10. The number of rotatable bonds is 10. The van der Waals surface area contributed by atoms with Gasteiger partial charge in [-0.25, -0.2) is 4.98 Å². The number of H-pyrrole nitrogens is 1. The van der Waals surface area contributed by atoms with Crippen LogP contribution in [0.2, 0.25) is 0 Å². The number of hydrogen-bond donors (Lipinski definition) is 1. The van der Waals surface area contributed by atoms with Crippen LogP contribution in [-0.4, -0.2) is 35.8 Å². The molecule has 0 fully saturated rings. The van der Waals surface area contributed by atoms with Crippen LogP contribution in [0.1, 0.15) is 11.3 Å². The third-order valence-electron chi connectivity index (χ3n) is 4.66. The smallest absolute Gasteiger partial charge is 0.387 e. The standard InChI is InChI=1S/C23H21F2N3O4S/c1-29-18-9-16-17(10-20(18)32-22(24)25)28-23(27-16)33-13-15-8-19(21(30-2)11-26-15)31-12-14-6-4-3-5-7-14/h3-11,22H,12-13H2,1-2H3,(H,27,28). The van der Waals surface area contributed by atoms with Gasteiger partial charge in [-0.15, -0.1) is 0 Å². The van der Waals surface area contributed by atoms with Crippen LogP contribution in [0.3, 0.4) is 0 Å². The normalized spacial score (nSPS) is 11.1. The van der Waals surface area contributed by atoms with Crippen LogP contribution in [0.25, 0.3) is 11.0 Å². The largest absolute Gasteiger partial charge is 0.493 e. The Balaban J connectivity index is 1.47. The minimum atomic E-state index is -2.95. The van der Waals surface area contributed by atoms with Crippen molar-refractivity contribution in [3.05, 3.63) is 66.0 Å². The highest BCUT2D eigenvalue weighted by Crippen LogP contribution is 2.34. The molecule has 0 aliphatic heterocycles. The molecule has 2 aromatic heterocycles. The monoisotopic (exact) mass is 473 g/mol. The van der Waals surface area contributed by atoms with Crippen molar-refractivity contribution in [2.24, 2.45) is 0 Å². The maximum atomic E-state index is 12.7. The number of methoxy groups -OCH3 is 2. The Morgan fingerprint density at radius 2 is 1.76 bits per heavy atom. The Bertz CT molecular complexity index is 1220. The van der Waals surface area contributed by atoms with Gasteiger partial charge in [-0.1, -0.05) is 42.1 Å². The number of hydrogen-bond acceptors (Lipinski definition) is 7. The van der Waals surface area contributed by atoms with Gasteiger partial charge < -0.3 is 23.9 Å². The van der Waals surface area contributed by atoms with Gasteiger partial charge in [-0.3, -0.25) is 4.98 Å². The number of thioether (sulfide) groups is 1. The number of nitrogens with zero attached hydrogens (tertiary/aromatic N) is 2. The molecule has 0 saturated heterocycles. The van der Waals surface area contributed by atoms with Crippen LogP contribution in [0.4, 0.5) is 8.78 Å². The van der Waals surface area contributed by atoms with Gasteiger partial charge in [0.25, 0.3) is 0 Å². The van der Waals surface area contributed by atoms with E-state index in [0.717, 1.165) is 11.3 Å². The van der Waals surface area contributed by atoms with E-state index in [2.05, 4.69) is 19.7 Å². The fraction of sp³-hybridized carbons (Fsp3) is 0.217. The molecular formula is C23H21F2N3O4S. The molecule has 4 aromatic rings. The van der Waals surface area contributed by atoms with Crippen LogP contribution in [0.5, 0.6) is 23.0 Å². The van der Waals surface area contributed by atoms with Gasteiger partial charge >= 0.3 is 6.61 Å². The summed E-state index contributed by atoms with van der Waals surface area (Å²) < 4.78 is 46.3. The second-order valence-electron chi connectivity index (χ2n) is 6.83. The first-order chi connectivity index (χ1) is 16.1. The summed E-state index contributed by atoms with van der Waals surface area (Å²) in [5, 5.41) is 0.602. The molecule has 0 radical (unpaired) electrons. The van der Waals surface area contributed by atoms with Gasteiger partial charge in [0.1, 0.15) is 6.61 Å². The molecule has 0 unspecified atom stereocenters. The molecule has 4 rings (SSSR count). The predicted octanol–water partition coefficient (Wildman–Crippen LogP) is 5.45. The van der Waals surface area contributed by atoms with E-state index in [4.69, 9.17) is 14.2 Å². The Hall–Kier alpha value is -3.53. The van der Waals surface area contributed by atoms with E-state index in [1.54, 1.807) is 19.4 Å². The van der Waals surface area contributed by atoms with Crippen molar-refractivity contribution in [2.45, 2.75) is 24.1 Å². The van der Waals surface area contributed by atoms with Crippen molar-refractivity contribution in [3.8, 4) is 23.0 Å². The number of fused-ring (bicyclic) bond motifs is 1.